The maximum absolute atomic E-state index is 11.8. The smallest absolute Gasteiger partial charge is 0.275 e. The van der Waals surface area contributed by atoms with Crippen molar-refractivity contribution in [1.29, 1.82) is 0 Å². The molecule has 2 rings (SSSR count). The van der Waals surface area contributed by atoms with Crippen molar-refractivity contribution in [3.05, 3.63) is 54.1 Å². The number of nitrogens with two attached hydrogens (primary N) is 1. The lowest BCUT2D eigenvalue weighted by Crippen LogP contribution is -2.13. The predicted octanol–water partition coefficient (Wildman–Crippen LogP) is 1.23. The van der Waals surface area contributed by atoms with E-state index in [1.165, 1.54) is 18.6 Å². The molecule has 1 amide bonds. The third kappa shape index (κ3) is 3.11. The van der Waals surface area contributed by atoms with Crippen molar-refractivity contribution in [2.75, 3.05) is 11.9 Å². The molecule has 0 saturated heterocycles. The summed E-state index contributed by atoms with van der Waals surface area (Å²) in [5, 5.41) is 2.75. The van der Waals surface area contributed by atoms with Crippen LogP contribution in [0.2, 0.25) is 0 Å². The molecule has 0 saturated carbocycles. The van der Waals surface area contributed by atoms with Crippen molar-refractivity contribution in [3.63, 3.8) is 0 Å². The Hall–Kier alpha value is -2.27. The first-order valence-corrected chi connectivity index (χ1v) is 5.66. The molecular formula is C13H14N4O. The first-order chi connectivity index (χ1) is 8.79. The van der Waals surface area contributed by atoms with Crippen LogP contribution < -0.4 is 11.1 Å². The second-order valence-corrected chi connectivity index (χ2v) is 3.78. The van der Waals surface area contributed by atoms with Crippen LogP contribution >= 0.6 is 0 Å². The molecule has 1 aromatic carbocycles. The van der Waals surface area contributed by atoms with Crippen LogP contribution in [0, 0.1) is 0 Å². The van der Waals surface area contributed by atoms with E-state index in [1.807, 2.05) is 24.3 Å². The van der Waals surface area contributed by atoms with Gasteiger partial charge in [0.25, 0.3) is 5.91 Å². The third-order valence-electron chi connectivity index (χ3n) is 2.44. The molecule has 1 heterocycles. The summed E-state index contributed by atoms with van der Waals surface area (Å²) in [5.41, 5.74) is 7.64. The summed E-state index contributed by atoms with van der Waals surface area (Å²) in [6.07, 6.45) is 5.27. The average Bonchev–Trinajstić information content (AvgIpc) is 2.42. The first-order valence-electron chi connectivity index (χ1n) is 5.66. The van der Waals surface area contributed by atoms with E-state index in [4.69, 9.17) is 5.73 Å². The summed E-state index contributed by atoms with van der Waals surface area (Å²) in [6.45, 7) is 0.616. The van der Waals surface area contributed by atoms with Crippen LogP contribution in [0.4, 0.5) is 5.69 Å². The van der Waals surface area contributed by atoms with E-state index in [0.717, 1.165) is 17.7 Å². The largest absolute Gasteiger partial charge is 0.330 e. The second-order valence-electron chi connectivity index (χ2n) is 3.78. The highest BCUT2D eigenvalue weighted by atomic mass is 16.1. The fourth-order valence-corrected chi connectivity index (χ4v) is 1.53. The molecule has 92 valence electrons. The van der Waals surface area contributed by atoms with Gasteiger partial charge in [-0.3, -0.25) is 9.78 Å². The van der Waals surface area contributed by atoms with Gasteiger partial charge in [-0.15, -0.1) is 0 Å². The number of carbonyl (C=O) groups is 1. The lowest BCUT2D eigenvalue weighted by Gasteiger charge is -2.05. The molecule has 1 aromatic heterocycles. The molecule has 2 aromatic rings. The molecule has 0 radical (unpaired) electrons. The van der Waals surface area contributed by atoms with Gasteiger partial charge >= 0.3 is 0 Å². The molecule has 0 aliphatic heterocycles. The summed E-state index contributed by atoms with van der Waals surface area (Å²) in [5.74, 6) is -0.269. The molecule has 3 N–H and O–H groups in total. The average molecular weight is 242 g/mol. The quantitative estimate of drug-likeness (QED) is 0.845. The van der Waals surface area contributed by atoms with E-state index < -0.39 is 0 Å². The van der Waals surface area contributed by atoms with Gasteiger partial charge in [-0.05, 0) is 30.7 Å². The normalized spacial score (nSPS) is 10.1. The van der Waals surface area contributed by atoms with Gasteiger partial charge in [0.05, 0.1) is 6.20 Å². The maximum Gasteiger partial charge on any atom is 0.275 e. The van der Waals surface area contributed by atoms with E-state index in [9.17, 15) is 4.79 Å². The van der Waals surface area contributed by atoms with Crippen molar-refractivity contribution in [2.45, 2.75) is 6.42 Å². The van der Waals surface area contributed by atoms with Crippen molar-refractivity contribution in [2.24, 2.45) is 5.73 Å². The van der Waals surface area contributed by atoms with Crippen LogP contribution in [0.25, 0.3) is 0 Å². The zero-order valence-electron chi connectivity index (χ0n) is 9.84. The molecule has 0 bridgehead atoms. The summed E-state index contributed by atoms with van der Waals surface area (Å²) < 4.78 is 0. The Morgan fingerprint density at radius 3 is 2.61 bits per heavy atom. The third-order valence-corrected chi connectivity index (χ3v) is 2.44. The second kappa shape index (κ2) is 5.88. The highest BCUT2D eigenvalue weighted by molar-refractivity contribution is 6.02. The lowest BCUT2D eigenvalue weighted by molar-refractivity contribution is 0.102. The molecule has 0 unspecified atom stereocenters. The fourth-order valence-electron chi connectivity index (χ4n) is 1.53. The molecular weight excluding hydrogens is 228 g/mol. The van der Waals surface area contributed by atoms with Crippen LogP contribution in [0.1, 0.15) is 16.1 Å². The maximum atomic E-state index is 11.8. The first kappa shape index (κ1) is 12.2. The fraction of sp³-hybridized carbons (Fsp3) is 0.154. The topological polar surface area (TPSA) is 80.9 Å². The Labute approximate surface area is 105 Å². The Kier molecular flexibility index (Phi) is 3.98. The number of amides is 1. The monoisotopic (exact) mass is 242 g/mol. The van der Waals surface area contributed by atoms with Gasteiger partial charge in [0.2, 0.25) is 0 Å². The number of benzene rings is 1. The molecule has 0 fully saturated rings. The van der Waals surface area contributed by atoms with Gasteiger partial charge in [0.1, 0.15) is 5.69 Å². The molecule has 0 spiro atoms. The van der Waals surface area contributed by atoms with E-state index in [1.54, 1.807) is 0 Å². The number of nitrogens with one attached hydrogen (secondary N) is 1. The Morgan fingerprint density at radius 2 is 2.00 bits per heavy atom. The Balaban J connectivity index is 2.03. The number of carbonyl (C=O) groups excluding carboxylic acids is 1. The summed E-state index contributed by atoms with van der Waals surface area (Å²) in [7, 11) is 0. The van der Waals surface area contributed by atoms with Crippen molar-refractivity contribution in [1.82, 2.24) is 9.97 Å². The van der Waals surface area contributed by atoms with Crippen LogP contribution in [0.3, 0.4) is 0 Å². The van der Waals surface area contributed by atoms with Crippen LogP contribution in [0.5, 0.6) is 0 Å². The van der Waals surface area contributed by atoms with E-state index in [0.29, 0.717) is 12.2 Å². The Bertz CT molecular complexity index is 510. The van der Waals surface area contributed by atoms with Gasteiger partial charge in [-0.2, -0.15) is 0 Å². The number of aromatic nitrogens is 2. The van der Waals surface area contributed by atoms with Crippen LogP contribution in [-0.4, -0.2) is 22.4 Å². The lowest BCUT2D eigenvalue weighted by atomic mass is 10.1. The molecule has 18 heavy (non-hydrogen) atoms. The SMILES string of the molecule is NCCc1ccc(NC(=O)c2cnccn2)cc1. The molecule has 5 nitrogen and oxygen atoms in total. The standard InChI is InChI=1S/C13H14N4O/c14-6-5-10-1-3-11(4-2-10)17-13(18)12-9-15-7-8-16-12/h1-4,7-9H,5-6,14H2,(H,17,18). The van der Waals surface area contributed by atoms with Crippen molar-refractivity contribution < 1.29 is 4.79 Å². The van der Waals surface area contributed by atoms with Crippen LogP contribution in [-0.2, 0) is 6.42 Å². The van der Waals surface area contributed by atoms with Gasteiger partial charge in [0, 0.05) is 18.1 Å². The molecule has 0 atom stereocenters. The number of hydrogen-bond acceptors (Lipinski definition) is 4. The highest BCUT2D eigenvalue weighted by Gasteiger charge is 2.06. The van der Waals surface area contributed by atoms with Gasteiger partial charge in [0.15, 0.2) is 0 Å². The number of anilines is 1. The minimum absolute atomic E-state index is 0.269. The molecule has 0 aliphatic rings. The number of nitrogens with zero attached hydrogens (tertiary/aromatic N) is 2. The van der Waals surface area contributed by atoms with E-state index >= 15 is 0 Å². The summed E-state index contributed by atoms with van der Waals surface area (Å²) in [6, 6.07) is 7.58. The summed E-state index contributed by atoms with van der Waals surface area (Å²) >= 11 is 0. The van der Waals surface area contributed by atoms with Gasteiger partial charge in [-0.25, -0.2) is 4.98 Å². The molecule has 0 aliphatic carbocycles. The number of rotatable bonds is 4. The zero-order chi connectivity index (χ0) is 12.8. The predicted molar refractivity (Wildman–Crippen MR) is 69.2 cm³/mol. The Morgan fingerprint density at radius 1 is 1.22 bits per heavy atom. The minimum Gasteiger partial charge on any atom is -0.330 e. The van der Waals surface area contributed by atoms with Crippen LogP contribution in [0.15, 0.2) is 42.9 Å². The molecule has 5 heteroatoms. The van der Waals surface area contributed by atoms with Crippen molar-refractivity contribution >= 4 is 11.6 Å². The highest BCUT2D eigenvalue weighted by Crippen LogP contribution is 2.10. The van der Waals surface area contributed by atoms with Gasteiger partial charge < -0.3 is 11.1 Å². The van der Waals surface area contributed by atoms with E-state index in [2.05, 4.69) is 15.3 Å². The zero-order valence-corrected chi connectivity index (χ0v) is 9.84. The minimum atomic E-state index is -0.269. The summed E-state index contributed by atoms with van der Waals surface area (Å²) in [4.78, 5) is 19.6. The van der Waals surface area contributed by atoms with Gasteiger partial charge in [-0.1, -0.05) is 12.1 Å². The van der Waals surface area contributed by atoms with Crippen molar-refractivity contribution in [3.8, 4) is 0 Å². The van der Waals surface area contributed by atoms with E-state index in [-0.39, 0.29) is 5.91 Å². The number of hydrogen-bond donors (Lipinski definition) is 2.